The van der Waals surface area contributed by atoms with E-state index in [1.807, 2.05) is 0 Å². The maximum absolute atomic E-state index is 11.9. The molecule has 0 unspecified atom stereocenters. The Morgan fingerprint density at radius 1 is 1.47 bits per heavy atom. The number of hydrogen-bond donors (Lipinski definition) is 1. The topological polar surface area (TPSA) is 70.1 Å². The number of rotatable bonds is 2. The third kappa shape index (κ3) is 2.60. The molecule has 2 N–H and O–H groups in total. The van der Waals surface area contributed by atoms with Gasteiger partial charge in [-0.3, -0.25) is 4.68 Å². The monoisotopic (exact) mass is 237 g/mol. The molecule has 17 heavy (non-hydrogen) atoms. The smallest absolute Gasteiger partial charge is 0.359 e. The molecule has 5 nitrogen and oxygen atoms in total. The van der Waals surface area contributed by atoms with Crippen molar-refractivity contribution < 1.29 is 9.53 Å². The van der Waals surface area contributed by atoms with Gasteiger partial charge in [0.05, 0.1) is 11.9 Å². The lowest BCUT2D eigenvalue weighted by Crippen LogP contribution is -2.25. The quantitative estimate of drug-likeness (QED) is 0.795. The molecule has 1 aromatic heterocycles. The van der Waals surface area contributed by atoms with E-state index < -0.39 is 0 Å². The summed E-state index contributed by atoms with van der Waals surface area (Å²) in [5, 5.41) is 3.93. The second-order valence-corrected chi connectivity index (χ2v) is 4.86. The van der Waals surface area contributed by atoms with Gasteiger partial charge in [-0.05, 0) is 31.6 Å². The summed E-state index contributed by atoms with van der Waals surface area (Å²) in [6, 6.07) is 0. The molecule has 1 saturated carbocycles. The highest BCUT2D eigenvalue weighted by Crippen LogP contribution is 2.26. The van der Waals surface area contributed by atoms with Gasteiger partial charge in [-0.25, -0.2) is 4.79 Å². The Morgan fingerprint density at radius 2 is 2.12 bits per heavy atom. The minimum absolute atomic E-state index is 0.0352. The van der Waals surface area contributed by atoms with Crippen LogP contribution >= 0.6 is 0 Å². The van der Waals surface area contributed by atoms with E-state index in [9.17, 15) is 4.79 Å². The predicted octanol–water partition coefficient (Wildman–Crippen LogP) is 1.74. The van der Waals surface area contributed by atoms with Crippen molar-refractivity contribution >= 4 is 11.7 Å². The van der Waals surface area contributed by atoms with Crippen LogP contribution in [-0.4, -0.2) is 21.9 Å². The van der Waals surface area contributed by atoms with Crippen LogP contribution in [0.1, 0.15) is 43.1 Å². The molecule has 0 bridgehead atoms. The summed E-state index contributed by atoms with van der Waals surface area (Å²) in [5.74, 6) is 0.383. The number of anilines is 1. The van der Waals surface area contributed by atoms with Crippen molar-refractivity contribution in [3.05, 3.63) is 11.9 Å². The van der Waals surface area contributed by atoms with Crippen molar-refractivity contribution in [3.8, 4) is 0 Å². The van der Waals surface area contributed by atoms with E-state index in [0.717, 1.165) is 31.6 Å². The fraction of sp³-hybridized carbons (Fsp3) is 0.667. The highest BCUT2D eigenvalue weighted by atomic mass is 16.5. The number of esters is 1. The maximum atomic E-state index is 11.9. The van der Waals surface area contributed by atoms with Crippen LogP contribution in [0, 0.1) is 5.92 Å². The van der Waals surface area contributed by atoms with Gasteiger partial charge in [0, 0.05) is 7.05 Å². The number of carbonyl (C=O) groups is 1. The number of carbonyl (C=O) groups excluding carboxylic acids is 1. The fourth-order valence-electron chi connectivity index (χ4n) is 2.26. The van der Waals surface area contributed by atoms with Crippen molar-refractivity contribution in [2.75, 3.05) is 5.73 Å². The molecular weight excluding hydrogens is 218 g/mol. The Morgan fingerprint density at radius 3 is 2.65 bits per heavy atom. The summed E-state index contributed by atoms with van der Waals surface area (Å²) in [6.45, 7) is 2.23. The first-order valence-corrected chi connectivity index (χ1v) is 6.06. The number of nitrogens with two attached hydrogens (primary N) is 1. The molecule has 0 aromatic carbocycles. The lowest BCUT2D eigenvalue weighted by Gasteiger charge is -2.25. The maximum Gasteiger partial charge on any atom is 0.359 e. The number of hydrogen-bond acceptors (Lipinski definition) is 4. The number of aromatic nitrogens is 2. The molecule has 1 aliphatic rings. The average Bonchev–Trinajstić information content (AvgIpc) is 2.62. The number of ether oxygens (including phenoxy) is 1. The van der Waals surface area contributed by atoms with Gasteiger partial charge in [-0.2, -0.15) is 5.10 Å². The molecular formula is C12H19N3O2. The zero-order chi connectivity index (χ0) is 12.4. The average molecular weight is 237 g/mol. The fourth-order valence-corrected chi connectivity index (χ4v) is 2.26. The summed E-state index contributed by atoms with van der Waals surface area (Å²) in [7, 11) is 1.69. The second kappa shape index (κ2) is 4.77. The summed E-state index contributed by atoms with van der Waals surface area (Å²) < 4.78 is 6.93. The molecule has 94 valence electrons. The van der Waals surface area contributed by atoms with Crippen molar-refractivity contribution in [1.29, 1.82) is 0 Å². The van der Waals surface area contributed by atoms with Crippen LogP contribution in [0.3, 0.4) is 0 Å². The highest BCUT2D eigenvalue weighted by Gasteiger charge is 2.24. The number of nitrogens with zero attached hydrogens (tertiary/aromatic N) is 2. The van der Waals surface area contributed by atoms with Crippen LogP contribution in [-0.2, 0) is 11.8 Å². The summed E-state index contributed by atoms with van der Waals surface area (Å²) in [5.41, 5.74) is 6.41. The van der Waals surface area contributed by atoms with Crippen LogP contribution in [0.25, 0.3) is 0 Å². The van der Waals surface area contributed by atoms with Gasteiger partial charge >= 0.3 is 5.97 Å². The third-order valence-corrected chi connectivity index (χ3v) is 3.40. The largest absolute Gasteiger partial charge is 0.458 e. The Hall–Kier alpha value is -1.52. The van der Waals surface area contributed by atoms with Crippen LogP contribution in [0.2, 0.25) is 0 Å². The van der Waals surface area contributed by atoms with Crippen molar-refractivity contribution in [2.45, 2.75) is 38.7 Å². The summed E-state index contributed by atoms with van der Waals surface area (Å²) >= 11 is 0. The Bertz CT molecular complexity index is 386. The lowest BCUT2D eigenvalue weighted by molar-refractivity contribution is 0.0163. The molecule has 1 aromatic rings. The molecule has 0 radical (unpaired) electrons. The zero-order valence-corrected chi connectivity index (χ0v) is 10.3. The van der Waals surface area contributed by atoms with E-state index in [2.05, 4.69) is 12.0 Å². The van der Waals surface area contributed by atoms with E-state index in [0.29, 0.717) is 11.4 Å². The summed E-state index contributed by atoms with van der Waals surface area (Å²) in [6.07, 6.45) is 5.65. The highest BCUT2D eigenvalue weighted by molar-refractivity contribution is 5.93. The molecule has 5 heteroatoms. The van der Waals surface area contributed by atoms with Gasteiger partial charge in [-0.1, -0.05) is 6.92 Å². The minimum atomic E-state index is -0.359. The molecule has 1 heterocycles. The van der Waals surface area contributed by atoms with Crippen LogP contribution in [0.15, 0.2) is 6.20 Å². The molecule has 1 aliphatic carbocycles. The van der Waals surface area contributed by atoms with Crippen LogP contribution in [0.5, 0.6) is 0 Å². The van der Waals surface area contributed by atoms with Gasteiger partial charge in [0.1, 0.15) is 6.10 Å². The molecule has 0 amide bonds. The van der Waals surface area contributed by atoms with Gasteiger partial charge < -0.3 is 10.5 Å². The normalized spacial score (nSPS) is 24.6. The number of aryl methyl sites for hydroxylation is 1. The number of nitrogen functional groups attached to an aromatic ring is 1. The van der Waals surface area contributed by atoms with Gasteiger partial charge in [-0.15, -0.1) is 0 Å². The predicted molar refractivity (Wildman–Crippen MR) is 64.5 cm³/mol. The van der Waals surface area contributed by atoms with Crippen LogP contribution < -0.4 is 5.73 Å². The Labute approximate surface area is 101 Å². The SMILES string of the molecule is CC1CCC(OC(=O)c2c(N)cnn2C)CC1. The Kier molecular flexibility index (Phi) is 3.36. The first-order chi connectivity index (χ1) is 8.08. The first-order valence-electron chi connectivity index (χ1n) is 6.06. The van der Waals surface area contributed by atoms with E-state index in [1.54, 1.807) is 7.05 Å². The van der Waals surface area contributed by atoms with E-state index in [4.69, 9.17) is 10.5 Å². The van der Waals surface area contributed by atoms with Gasteiger partial charge in [0.2, 0.25) is 0 Å². The molecule has 0 saturated heterocycles. The van der Waals surface area contributed by atoms with E-state index in [-0.39, 0.29) is 12.1 Å². The van der Waals surface area contributed by atoms with Crippen molar-refractivity contribution in [1.82, 2.24) is 9.78 Å². The van der Waals surface area contributed by atoms with Gasteiger partial charge in [0.15, 0.2) is 5.69 Å². The third-order valence-electron chi connectivity index (χ3n) is 3.40. The van der Waals surface area contributed by atoms with E-state index >= 15 is 0 Å². The first kappa shape index (κ1) is 12.0. The molecule has 0 spiro atoms. The van der Waals surface area contributed by atoms with Crippen molar-refractivity contribution in [2.24, 2.45) is 13.0 Å². The standard InChI is InChI=1S/C12H19N3O2/c1-8-3-5-9(6-4-8)17-12(16)11-10(13)7-14-15(11)2/h7-9H,3-6,13H2,1-2H3. The van der Waals surface area contributed by atoms with Crippen LogP contribution in [0.4, 0.5) is 5.69 Å². The molecule has 0 atom stereocenters. The lowest BCUT2D eigenvalue weighted by atomic mass is 9.89. The summed E-state index contributed by atoms with van der Waals surface area (Å²) in [4.78, 5) is 11.9. The molecule has 2 rings (SSSR count). The second-order valence-electron chi connectivity index (χ2n) is 4.86. The van der Waals surface area contributed by atoms with Gasteiger partial charge in [0.25, 0.3) is 0 Å². The minimum Gasteiger partial charge on any atom is -0.458 e. The van der Waals surface area contributed by atoms with Crippen molar-refractivity contribution in [3.63, 3.8) is 0 Å². The van der Waals surface area contributed by atoms with E-state index in [1.165, 1.54) is 10.9 Å². The molecule has 1 fully saturated rings. The zero-order valence-electron chi connectivity index (χ0n) is 10.3. The Balaban J connectivity index is 1.98. The molecule has 0 aliphatic heterocycles.